The lowest BCUT2D eigenvalue weighted by molar-refractivity contribution is -0.116. The van der Waals surface area contributed by atoms with Gasteiger partial charge in [0, 0.05) is 29.1 Å². The molecule has 0 aliphatic heterocycles. The van der Waals surface area contributed by atoms with Gasteiger partial charge in [-0.25, -0.2) is 0 Å². The highest BCUT2D eigenvalue weighted by Crippen LogP contribution is 2.18. The molecular formula is C18H16ClN3O2. The zero-order valence-electron chi connectivity index (χ0n) is 13.1. The van der Waals surface area contributed by atoms with Gasteiger partial charge in [0.25, 0.3) is 0 Å². The van der Waals surface area contributed by atoms with Crippen molar-refractivity contribution in [2.45, 2.75) is 19.8 Å². The number of nitrogens with zero attached hydrogens (tertiary/aromatic N) is 2. The average Bonchev–Trinajstić information content (AvgIpc) is 3.03. The lowest BCUT2D eigenvalue weighted by Gasteiger charge is -2.04. The van der Waals surface area contributed by atoms with Gasteiger partial charge in [-0.15, -0.1) is 0 Å². The van der Waals surface area contributed by atoms with Gasteiger partial charge in [-0.3, -0.25) is 4.79 Å². The van der Waals surface area contributed by atoms with E-state index in [1.165, 1.54) is 5.56 Å². The Bertz CT molecular complexity index is 843. The van der Waals surface area contributed by atoms with Crippen LogP contribution in [0.15, 0.2) is 53.1 Å². The molecule has 0 fully saturated rings. The van der Waals surface area contributed by atoms with E-state index in [0.717, 1.165) is 5.56 Å². The molecule has 1 N–H and O–H groups in total. The molecule has 3 rings (SSSR count). The molecule has 2 aromatic carbocycles. The van der Waals surface area contributed by atoms with E-state index in [-0.39, 0.29) is 12.3 Å². The number of aryl methyl sites for hydroxylation is 2. The van der Waals surface area contributed by atoms with Crippen molar-refractivity contribution in [1.82, 2.24) is 10.1 Å². The molecule has 3 aromatic rings. The number of hydrogen-bond acceptors (Lipinski definition) is 4. The molecule has 0 radical (unpaired) electrons. The number of benzene rings is 2. The maximum atomic E-state index is 12.0. The van der Waals surface area contributed by atoms with Gasteiger partial charge >= 0.3 is 0 Å². The predicted molar refractivity (Wildman–Crippen MR) is 92.9 cm³/mol. The Morgan fingerprint density at radius 3 is 2.75 bits per heavy atom. The predicted octanol–water partition coefficient (Wildman–Crippen LogP) is 4.27. The van der Waals surface area contributed by atoms with Crippen molar-refractivity contribution in [3.8, 4) is 11.4 Å². The van der Waals surface area contributed by atoms with Crippen LogP contribution < -0.4 is 5.32 Å². The molecule has 0 atom stereocenters. The number of anilines is 1. The largest absolute Gasteiger partial charge is 0.339 e. The normalized spacial score (nSPS) is 10.6. The third-order valence-corrected chi connectivity index (χ3v) is 3.69. The van der Waals surface area contributed by atoms with E-state index in [4.69, 9.17) is 16.1 Å². The molecule has 1 aromatic heterocycles. The second kappa shape index (κ2) is 7.27. The topological polar surface area (TPSA) is 68.0 Å². The Morgan fingerprint density at radius 1 is 1.21 bits per heavy atom. The minimum absolute atomic E-state index is 0.132. The van der Waals surface area contributed by atoms with Crippen molar-refractivity contribution in [2.75, 3.05) is 5.32 Å². The van der Waals surface area contributed by atoms with Crippen LogP contribution in [-0.4, -0.2) is 16.0 Å². The number of amides is 1. The molecule has 5 nitrogen and oxygen atoms in total. The zero-order valence-corrected chi connectivity index (χ0v) is 13.9. The summed E-state index contributed by atoms with van der Waals surface area (Å²) in [5.74, 6) is 0.833. The van der Waals surface area contributed by atoms with Gasteiger partial charge in [0.2, 0.25) is 17.6 Å². The number of carbonyl (C=O) groups excluding carboxylic acids is 1. The maximum absolute atomic E-state index is 12.0. The number of halogens is 1. The van der Waals surface area contributed by atoms with Crippen LogP contribution in [0.3, 0.4) is 0 Å². The van der Waals surface area contributed by atoms with Crippen molar-refractivity contribution in [3.05, 3.63) is 65.0 Å². The quantitative estimate of drug-likeness (QED) is 0.752. The van der Waals surface area contributed by atoms with Crippen LogP contribution >= 0.6 is 11.6 Å². The van der Waals surface area contributed by atoms with E-state index in [0.29, 0.717) is 28.8 Å². The van der Waals surface area contributed by atoms with Gasteiger partial charge in [0.15, 0.2) is 0 Å². The molecule has 122 valence electrons. The standard InChI is InChI=1S/C18H16ClN3O2/c1-12-5-7-13(8-6-12)18-21-17(24-22-18)10-9-16(23)20-15-4-2-3-14(19)11-15/h2-8,11H,9-10H2,1H3,(H,20,23). The van der Waals surface area contributed by atoms with Gasteiger partial charge in [-0.2, -0.15) is 4.98 Å². The zero-order chi connectivity index (χ0) is 16.9. The van der Waals surface area contributed by atoms with Crippen LogP contribution in [-0.2, 0) is 11.2 Å². The summed E-state index contributed by atoms with van der Waals surface area (Å²) in [5, 5.41) is 7.32. The summed E-state index contributed by atoms with van der Waals surface area (Å²) in [6, 6.07) is 14.9. The van der Waals surface area contributed by atoms with Crippen LogP contribution in [0.4, 0.5) is 5.69 Å². The minimum atomic E-state index is -0.132. The molecule has 0 saturated carbocycles. The molecule has 1 amide bonds. The second-order valence-corrected chi connectivity index (χ2v) is 5.87. The van der Waals surface area contributed by atoms with Crippen molar-refractivity contribution in [1.29, 1.82) is 0 Å². The fourth-order valence-corrected chi connectivity index (χ4v) is 2.38. The smallest absolute Gasteiger partial charge is 0.227 e. The van der Waals surface area contributed by atoms with E-state index in [9.17, 15) is 4.79 Å². The molecule has 1 heterocycles. The Labute approximate surface area is 144 Å². The van der Waals surface area contributed by atoms with Crippen molar-refractivity contribution in [2.24, 2.45) is 0 Å². The summed E-state index contributed by atoms with van der Waals surface area (Å²) in [5.41, 5.74) is 2.72. The van der Waals surface area contributed by atoms with Gasteiger partial charge in [0.05, 0.1) is 0 Å². The lowest BCUT2D eigenvalue weighted by atomic mass is 10.1. The number of nitrogens with one attached hydrogen (secondary N) is 1. The Balaban J connectivity index is 1.57. The van der Waals surface area contributed by atoms with Crippen molar-refractivity contribution < 1.29 is 9.32 Å². The third-order valence-electron chi connectivity index (χ3n) is 3.45. The lowest BCUT2D eigenvalue weighted by Crippen LogP contribution is -2.12. The molecule has 24 heavy (non-hydrogen) atoms. The van der Waals surface area contributed by atoms with E-state index in [1.54, 1.807) is 24.3 Å². The summed E-state index contributed by atoms with van der Waals surface area (Å²) < 4.78 is 5.21. The van der Waals surface area contributed by atoms with Gasteiger partial charge in [0.1, 0.15) is 0 Å². The number of hydrogen-bond donors (Lipinski definition) is 1. The average molecular weight is 342 g/mol. The summed E-state index contributed by atoms with van der Waals surface area (Å²) in [6.45, 7) is 2.02. The number of rotatable bonds is 5. The van der Waals surface area contributed by atoms with E-state index < -0.39 is 0 Å². The van der Waals surface area contributed by atoms with Crippen molar-refractivity contribution in [3.63, 3.8) is 0 Å². The molecule has 0 aliphatic rings. The first-order valence-electron chi connectivity index (χ1n) is 7.55. The summed E-state index contributed by atoms with van der Waals surface area (Å²) >= 11 is 5.89. The molecule has 6 heteroatoms. The fraction of sp³-hybridized carbons (Fsp3) is 0.167. The van der Waals surface area contributed by atoms with Gasteiger partial charge < -0.3 is 9.84 Å². The Morgan fingerprint density at radius 2 is 2.00 bits per heavy atom. The summed E-state index contributed by atoms with van der Waals surface area (Å²) in [4.78, 5) is 16.3. The highest BCUT2D eigenvalue weighted by molar-refractivity contribution is 6.30. The molecule has 0 spiro atoms. The van der Waals surface area contributed by atoms with E-state index in [2.05, 4.69) is 15.5 Å². The summed E-state index contributed by atoms with van der Waals surface area (Å²) in [6.07, 6.45) is 0.632. The second-order valence-electron chi connectivity index (χ2n) is 5.44. The SMILES string of the molecule is Cc1ccc(-c2noc(CCC(=O)Nc3cccc(Cl)c3)n2)cc1. The Kier molecular flexibility index (Phi) is 4.91. The van der Waals surface area contributed by atoms with E-state index >= 15 is 0 Å². The number of aromatic nitrogens is 2. The molecular weight excluding hydrogens is 326 g/mol. The van der Waals surface area contributed by atoms with E-state index in [1.807, 2.05) is 31.2 Å². The fourth-order valence-electron chi connectivity index (χ4n) is 2.19. The third kappa shape index (κ3) is 4.20. The monoisotopic (exact) mass is 341 g/mol. The van der Waals surface area contributed by atoms with Crippen LogP contribution in [0.1, 0.15) is 17.9 Å². The molecule has 0 unspecified atom stereocenters. The Hall–Kier alpha value is -2.66. The van der Waals surface area contributed by atoms with Gasteiger partial charge in [-0.1, -0.05) is 52.7 Å². The first kappa shape index (κ1) is 16.2. The van der Waals surface area contributed by atoms with Crippen LogP contribution in [0.2, 0.25) is 5.02 Å². The highest BCUT2D eigenvalue weighted by atomic mass is 35.5. The first-order chi connectivity index (χ1) is 11.6. The minimum Gasteiger partial charge on any atom is -0.339 e. The van der Waals surface area contributed by atoms with Crippen LogP contribution in [0.5, 0.6) is 0 Å². The summed E-state index contributed by atoms with van der Waals surface area (Å²) in [7, 11) is 0. The maximum Gasteiger partial charge on any atom is 0.227 e. The first-order valence-corrected chi connectivity index (χ1v) is 7.93. The molecule has 0 saturated heterocycles. The van der Waals surface area contributed by atoms with Crippen LogP contribution in [0.25, 0.3) is 11.4 Å². The molecule has 0 aliphatic carbocycles. The molecule has 0 bridgehead atoms. The van der Waals surface area contributed by atoms with Crippen molar-refractivity contribution >= 4 is 23.2 Å². The van der Waals surface area contributed by atoms with Gasteiger partial charge in [-0.05, 0) is 25.1 Å². The highest BCUT2D eigenvalue weighted by Gasteiger charge is 2.11. The number of carbonyl (C=O) groups is 1. The van der Waals surface area contributed by atoms with Crippen LogP contribution in [0, 0.1) is 6.92 Å².